The standard InChI is InChI=1S/C12H13N3O/c1-8-4-3-5-10(6-8)16-11-7-9(2)14-12(13)15-11/h3-7H,1-2H3,(H2,13,14,15). The Kier molecular flexibility index (Phi) is 2.72. The number of hydrogen-bond donors (Lipinski definition) is 1. The minimum atomic E-state index is 0.225. The molecule has 0 aliphatic rings. The Balaban J connectivity index is 2.27. The Bertz CT molecular complexity index is 491. The van der Waals surface area contributed by atoms with E-state index in [4.69, 9.17) is 10.5 Å². The summed E-state index contributed by atoms with van der Waals surface area (Å²) in [6.45, 7) is 3.85. The fraction of sp³-hybridized carbons (Fsp3) is 0.167. The van der Waals surface area contributed by atoms with Gasteiger partial charge < -0.3 is 10.5 Å². The van der Waals surface area contributed by atoms with E-state index in [2.05, 4.69) is 9.97 Å². The third-order valence-corrected chi connectivity index (χ3v) is 2.06. The highest BCUT2D eigenvalue weighted by molar-refractivity contribution is 5.33. The summed E-state index contributed by atoms with van der Waals surface area (Å²) < 4.78 is 5.59. The van der Waals surface area contributed by atoms with Gasteiger partial charge in [0.05, 0.1) is 0 Å². The van der Waals surface area contributed by atoms with Crippen LogP contribution in [0.3, 0.4) is 0 Å². The Labute approximate surface area is 94.1 Å². The summed E-state index contributed by atoms with van der Waals surface area (Å²) in [5.74, 6) is 1.44. The van der Waals surface area contributed by atoms with Gasteiger partial charge in [0.1, 0.15) is 5.75 Å². The van der Waals surface area contributed by atoms with E-state index < -0.39 is 0 Å². The van der Waals surface area contributed by atoms with Gasteiger partial charge in [-0.15, -0.1) is 0 Å². The first-order valence-electron chi connectivity index (χ1n) is 4.99. The number of rotatable bonds is 2. The molecular weight excluding hydrogens is 202 g/mol. The van der Waals surface area contributed by atoms with E-state index in [1.807, 2.05) is 38.1 Å². The molecule has 0 fully saturated rings. The van der Waals surface area contributed by atoms with Crippen LogP contribution in [0.4, 0.5) is 5.95 Å². The van der Waals surface area contributed by atoms with Gasteiger partial charge in [-0.25, -0.2) is 4.98 Å². The van der Waals surface area contributed by atoms with Gasteiger partial charge in [-0.2, -0.15) is 4.98 Å². The molecule has 0 radical (unpaired) electrons. The molecular formula is C12H13N3O. The molecule has 0 saturated carbocycles. The van der Waals surface area contributed by atoms with E-state index in [0.717, 1.165) is 17.0 Å². The van der Waals surface area contributed by atoms with Crippen molar-refractivity contribution in [3.05, 3.63) is 41.6 Å². The summed E-state index contributed by atoms with van der Waals surface area (Å²) >= 11 is 0. The summed E-state index contributed by atoms with van der Waals surface area (Å²) in [6, 6.07) is 9.50. The Morgan fingerprint density at radius 3 is 2.62 bits per heavy atom. The quantitative estimate of drug-likeness (QED) is 0.835. The molecule has 0 bridgehead atoms. The maximum atomic E-state index is 5.59. The molecule has 0 aliphatic carbocycles. The zero-order chi connectivity index (χ0) is 11.5. The molecule has 0 spiro atoms. The van der Waals surface area contributed by atoms with Gasteiger partial charge in [0.25, 0.3) is 0 Å². The van der Waals surface area contributed by atoms with Gasteiger partial charge in [0, 0.05) is 11.8 Å². The summed E-state index contributed by atoms with van der Waals surface area (Å²) in [7, 11) is 0. The molecule has 1 aromatic heterocycles. The van der Waals surface area contributed by atoms with Crippen molar-refractivity contribution in [2.24, 2.45) is 0 Å². The van der Waals surface area contributed by atoms with Crippen LogP contribution in [0.2, 0.25) is 0 Å². The van der Waals surface area contributed by atoms with Crippen molar-refractivity contribution in [3.8, 4) is 11.6 Å². The van der Waals surface area contributed by atoms with Crippen LogP contribution in [0.15, 0.2) is 30.3 Å². The Morgan fingerprint density at radius 1 is 1.12 bits per heavy atom. The summed E-state index contributed by atoms with van der Waals surface area (Å²) in [6.07, 6.45) is 0. The van der Waals surface area contributed by atoms with E-state index in [-0.39, 0.29) is 5.95 Å². The number of nitrogen functional groups attached to an aromatic ring is 1. The van der Waals surface area contributed by atoms with Gasteiger partial charge in [0.15, 0.2) is 0 Å². The maximum absolute atomic E-state index is 5.59. The number of aromatic nitrogens is 2. The fourth-order valence-corrected chi connectivity index (χ4v) is 1.41. The molecule has 1 aromatic carbocycles. The average molecular weight is 215 g/mol. The molecule has 16 heavy (non-hydrogen) atoms. The normalized spacial score (nSPS) is 10.1. The number of anilines is 1. The van der Waals surface area contributed by atoms with Crippen LogP contribution in [0.5, 0.6) is 11.6 Å². The SMILES string of the molecule is Cc1cccc(Oc2cc(C)nc(N)n2)c1. The molecule has 2 aromatic rings. The predicted octanol–water partition coefficient (Wildman–Crippen LogP) is 2.47. The fourth-order valence-electron chi connectivity index (χ4n) is 1.41. The van der Waals surface area contributed by atoms with Crippen molar-refractivity contribution in [3.63, 3.8) is 0 Å². The van der Waals surface area contributed by atoms with E-state index in [1.165, 1.54) is 0 Å². The van der Waals surface area contributed by atoms with Crippen LogP contribution in [-0.4, -0.2) is 9.97 Å². The first-order valence-corrected chi connectivity index (χ1v) is 4.99. The van der Waals surface area contributed by atoms with Crippen molar-refractivity contribution in [2.75, 3.05) is 5.73 Å². The lowest BCUT2D eigenvalue weighted by Crippen LogP contribution is -1.98. The highest BCUT2D eigenvalue weighted by Crippen LogP contribution is 2.21. The largest absolute Gasteiger partial charge is 0.439 e. The minimum Gasteiger partial charge on any atom is -0.439 e. The van der Waals surface area contributed by atoms with Crippen molar-refractivity contribution in [2.45, 2.75) is 13.8 Å². The molecule has 0 atom stereocenters. The van der Waals surface area contributed by atoms with Crippen LogP contribution in [-0.2, 0) is 0 Å². The number of nitrogens with zero attached hydrogens (tertiary/aromatic N) is 2. The third-order valence-electron chi connectivity index (χ3n) is 2.06. The number of nitrogens with two attached hydrogens (primary N) is 1. The molecule has 0 aliphatic heterocycles. The second kappa shape index (κ2) is 4.18. The molecule has 82 valence electrons. The smallest absolute Gasteiger partial charge is 0.224 e. The molecule has 0 saturated heterocycles. The Morgan fingerprint density at radius 2 is 1.94 bits per heavy atom. The lowest BCUT2D eigenvalue weighted by Gasteiger charge is -2.06. The van der Waals surface area contributed by atoms with Gasteiger partial charge in [-0.3, -0.25) is 0 Å². The zero-order valence-electron chi connectivity index (χ0n) is 9.27. The van der Waals surface area contributed by atoms with Crippen molar-refractivity contribution < 1.29 is 4.74 Å². The van der Waals surface area contributed by atoms with Crippen molar-refractivity contribution in [1.29, 1.82) is 0 Å². The maximum Gasteiger partial charge on any atom is 0.224 e. The molecule has 0 unspecified atom stereocenters. The number of ether oxygens (including phenoxy) is 1. The van der Waals surface area contributed by atoms with Gasteiger partial charge in [-0.1, -0.05) is 12.1 Å². The van der Waals surface area contributed by atoms with Gasteiger partial charge >= 0.3 is 0 Å². The van der Waals surface area contributed by atoms with E-state index in [1.54, 1.807) is 6.07 Å². The minimum absolute atomic E-state index is 0.225. The molecule has 2 rings (SSSR count). The van der Waals surface area contributed by atoms with E-state index >= 15 is 0 Å². The van der Waals surface area contributed by atoms with Gasteiger partial charge in [-0.05, 0) is 31.5 Å². The second-order valence-electron chi connectivity index (χ2n) is 3.62. The highest BCUT2D eigenvalue weighted by Gasteiger charge is 2.02. The summed E-state index contributed by atoms with van der Waals surface area (Å²) in [5, 5.41) is 0. The van der Waals surface area contributed by atoms with Crippen LogP contribution in [0.25, 0.3) is 0 Å². The summed E-state index contributed by atoms with van der Waals surface area (Å²) in [4.78, 5) is 7.98. The molecule has 1 heterocycles. The van der Waals surface area contributed by atoms with Crippen molar-refractivity contribution >= 4 is 5.95 Å². The zero-order valence-corrected chi connectivity index (χ0v) is 9.27. The second-order valence-corrected chi connectivity index (χ2v) is 3.62. The number of benzene rings is 1. The topological polar surface area (TPSA) is 61.0 Å². The van der Waals surface area contributed by atoms with Crippen LogP contribution in [0, 0.1) is 13.8 Å². The highest BCUT2D eigenvalue weighted by atomic mass is 16.5. The first-order chi connectivity index (χ1) is 7.63. The van der Waals surface area contributed by atoms with Crippen LogP contribution < -0.4 is 10.5 Å². The number of aryl methyl sites for hydroxylation is 2. The molecule has 0 amide bonds. The molecule has 4 heteroatoms. The van der Waals surface area contributed by atoms with Crippen molar-refractivity contribution in [1.82, 2.24) is 9.97 Å². The summed E-state index contributed by atoms with van der Waals surface area (Å²) in [5.41, 5.74) is 7.46. The Hall–Kier alpha value is -2.10. The average Bonchev–Trinajstić information content (AvgIpc) is 2.15. The lowest BCUT2D eigenvalue weighted by atomic mass is 10.2. The van der Waals surface area contributed by atoms with Gasteiger partial charge in [0.2, 0.25) is 11.8 Å². The van der Waals surface area contributed by atoms with E-state index in [0.29, 0.717) is 5.88 Å². The molecule has 2 N–H and O–H groups in total. The third kappa shape index (κ3) is 2.48. The molecule has 4 nitrogen and oxygen atoms in total. The number of hydrogen-bond acceptors (Lipinski definition) is 4. The van der Waals surface area contributed by atoms with Crippen LogP contribution in [0.1, 0.15) is 11.3 Å². The van der Waals surface area contributed by atoms with Crippen LogP contribution >= 0.6 is 0 Å². The first kappa shape index (κ1) is 10.4. The monoisotopic (exact) mass is 215 g/mol. The lowest BCUT2D eigenvalue weighted by molar-refractivity contribution is 0.461. The predicted molar refractivity (Wildman–Crippen MR) is 62.4 cm³/mol. The van der Waals surface area contributed by atoms with E-state index in [9.17, 15) is 0 Å².